The van der Waals surface area contributed by atoms with Crippen LogP contribution in [-0.4, -0.2) is 74.4 Å². The molecular weight excluding hydrogens is 533 g/mol. The highest BCUT2D eigenvalue weighted by Gasteiger charge is 2.33. The summed E-state index contributed by atoms with van der Waals surface area (Å²) in [6, 6.07) is 15.5. The van der Waals surface area contributed by atoms with Crippen molar-refractivity contribution in [2.45, 2.75) is 57.8 Å². The van der Waals surface area contributed by atoms with Crippen molar-refractivity contribution >= 4 is 37.0 Å². The van der Waals surface area contributed by atoms with E-state index >= 15 is 0 Å². The molecule has 39 heavy (non-hydrogen) atoms. The molecule has 0 unspecified atom stereocenters. The zero-order chi connectivity index (χ0) is 25.7. The molecule has 2 heterocycles. The number of piperazine rings is 1. The van der Waals surface area contributed by atoms with Gasteiger partial charge in [-0.3, -0.25) is 9.79 Å². The van der Waals surface area contributed by atoms with Gasteiger partial charge < -0.3 is 19.3 Å². The third-order valence-electron chi connectivity index (χ3n) is 7.34. The Kier molecular flexibility index (Phi) is 15.5. The molecule has 0 atom stereocenters. The maximum atomic E-state index is 13.1. The number of carbonyl (C=O) groups excluding carboxylic acids is 1. The number of esters is 1. The number of benzene rings is 2. The molecule has 0 aromatic heterocycles. The highest BCUT2D eigenvalue weighted by molar-refractivity contribution is 5.86. The van der Waals surface area contributed by atoms with Crippen molar-refractivity contribution in [3.63, 3.8) is 0 Å². The van der Waals surface area contributed by atoms with Gasteiger partial charge in [0, 0.05) is 56.9 Å². The normalized spacial score (nSPS) is 15.5. The van der Waals surface area contributed by atoms with Gasteiger partial charge in [0.05, 0.1) is 6.61 Å². The fraction of sp³-hybridized carbons (Fsp3) is 0.548. The van der Waals surface area contributed by atoms with Gasteiger partial charge in [-0.15, -0.1) is 24.8 Å². The van der Waals surface area contributed by atoms with E-state index in [9.17, 15) is 4.79 Å². The van der Waals surface area contributed by atoms with E-state index in [2.05, 4.69) is 27.9 Å². The van der Waals surface area contributed by atoms with Crippen molar-refractivity contribution in [3.8, 4) is 11.5 Å². The third-order valence-corrected chi connectivity index (χ3v) is 7.34. The van der Waals surface area contributed by atoms with Crippen LogP contribution in [0.5, 0.6) is 11.5 Å². The number of para-hydroxylation sites is 2. The molecule has 0 radical (unpaired) electrons. The number of halogens is 2. The van der Waals surface area contributed by atoms with E-state index in [0.29, 0.717) is 6.61 Å². The van der Waals surface area contributed by atoms with Crippen LogP contribution in [0.4, 0.5) is 0 Å². The van der Waals surface area contributed by atoms with Crippen LogP contribution in [0.25, 0.3) is 0 Å². The number of hydrogen-bond acceptors (Lipinski definition) is 6. The largest absolute Gasteiger partial charge is 0.465 e. The van der Waals surface area contributed by atoms with Crippen LogP contribution in [-0.2, 0) is 9.53 Å². The molecule has 6 nitrogen and oxygen atoms in total. The first-order valence-electron chi connectivity index (χ1n) is 14.2. The van der Waals surface area contributed by atoms with Gasteiger partial charge in [-0.05, 0) is 37.6 Å². The maximum Gasteiger partial charge on any atom is 0.318 e. The summed E-state index contributed by atoms with van der Waals surface area (Å²) < 4.78 is 11.8. The van der Waals surface area contributed by atoms with Gasteiger partial charge in [0.15, 0.2) is 0 Å². The number of nitrogens with zero attached hydrogens (tertiary/aromatic N) is 3. The second kappa shape index (κ2) is 18.3. The van der Waals surface area contributed by atoms with Crippen LogP contribution in [0.1, 0.15) is 68.9 Å². The van der Waals surface area contributed by atoms with E-state index < -0.39 is 5.92 Å². The Bertz CT molecular complexity index is 967. The van der Waals surface area contributed by atoms with Crippen molar-refractivity contribution in [1.29, 1.82) is 0 Å². The molecule has 8 heteroatoms. The van der Waals surface area contributed by atoms with Gasteiger partial charge in [0.25, 0.3) is 0 Å². The third kappa shape index (κ3) is 10.1. The summed E-state index contributed by atoms with van der Waals surface area (Å²) in [6.07, 6.45) is 10.5. The SMILES string of the molecule is CCCCCCCN=CCCN1CCN(CCCOC(=O)C2c3ccccc3Oc3ccccc32)CC1.Cl.Cl. The summed E-state index contributed by atoms with van der Waals surface area (Å²) >= 11 is 0. The van der Waals surface area contributed by atoms with Crippen LogP contribution in [0.2, 0.25) is 0 Å². The molecule has 0 amide bonds. The predicted octanol–water partition coefficient (Wildman–Crippen LogP) is 6.75. The van der Waals surface area contributed by atoms with E-state index in [1.54, 1.807) is 0 Å². The molecular formula is C31H45Cl2N3O3. The number of hydrogen-bond donors (Lipinski definition) is 0. The fourth-order valence-electron chi connectivity index (χ4n) is 5.17. The number of ether oxygens (including phenoxy) is 2. The lowest BCUT2D eigenvalue weighted by molar-refractivity contribution is -0.144. The summed E-state index contributed by atoms with van der Waals surface area (Å²) in [5.41, 5.74) is 1.75. The van der Waals surface area contributed by atoms with Crippen molar-refractivity contribution in [3.05, 3.63) is 59.7 Å². The predicted molar refractivity (Wildman–Crippen MR) is 164 cm³/mol. The average Bonchev–Trinajstić information content (AvgIpc) is 2.93. The van der Waals surface area contributed by atoms with E-state index in [-0.39, 0.29) is 30.8 Å². The van der Waals surface area contributed by atoms with Crippen molar-refractivity contribution < 1.29 is 14.3 Å². The first kappa shape index (κ1) is 33.1. The monoisotopic (exact) mass is 577 g/mol. The summed E-state index contributed by atoms with van der Waals surface area (Å²) in [6.45, 7) is 10.1. The van der Waals surface area contributed by atoms with Crippen LogP contribution >= 0.6 is 24.8 Å². The molecule has 216 valence electrons. The second-order valence-corrected chi connectivity index (χ2v) is 10.1. The van der Waals surface area contributed by atoms with E-state index in [4.69, 9.17) is 9.47 Å². The minimum Gasteiger partial charge on any atom is -0.465 e. The summed E-state index contributed by atoms with van der Waals surface area (Å²) in [7, 11) is 0. The Morgan fingerprint density at radius 1 is 0.872 bits per heavy atom. The van der Waals surface area contributed by atoms with Gasteiger partial charge in [-0.2, -0.15) is 0 Å². The van der Waals surface area contributed by atoms with Crippen LogP contribution < -0.4 is 4.74 Å². The molecule has 0 saturated carbocycles. The zero-order valence-corrected chi connectivity index (χ0v) is 24.9. The number of aliphatic imine (C=N–C) groups is 1. The molecule has 2 aromatic rings. The van der Waals surface area contributed by atoms with Crippen molar-refractivity contribution in [2.75, 3.05) is 52.4 Å². The minimum absolute atomic E-state index is 0. The summed E-state index contributed by atoms with van der Waals surface area (Å²) in [5, 5.41) is 0. The molecule has 1 fully saturated rings. The summed E-state index contributed by atoms with van der Waals surface area (Å²) in [4.78, 5) is 22.7. The molecule has 1 saturated heterocycles. The molecule has 0 N–H and O–H groups in total. The Balaban J connectivity index is 0.00000267. The van der Waals surface area contributed by atoms with Gasteiger partial charge >= 0.3 is 5.97 Å². The lowest BCUT2D eigenvalue weighted by Crippen LogP contribution is -2.46. The second-order valence-electron chi connectivity index (χ2n) is 10.1. The quantitative estimate of drug-likeness (QED) is 0.141. The smallest absolute Gasteiger partial charge is 0.318 e. The average molecular weight is 579 g/mol. The molecule has 2 aliphatic rings. The van der Waals surface area contributed by atoms with Crippen LogP contribution in [0, 0.1) is 0 Å². The minimum atomic E-state index is -0.436. The molecule has 2 aliphatic heterocycles. The lowest BCUT2D eigenvalue weighted by Gasteiger charge is -2.34. The number of carbonyl (C=O) groups is 1. The van der Waals surface area contributed by atoms with Gasteiger partial charge in [0.2, 0.25) is 0 Å². The Morgan fingerprint density at radius 2 is 1.46 bits per heavy atom. The molecule has 4 rings (SSSR count). The molecule has 2 aromatic carbocycles. The van der Waals surface area contributed by atoms with Crippen LogP contribution in [0.3, 0.4) is 0 Å². The topological polar surface area (TPSA) is 54.4 Å². The number of unbranched alkanes of at least 4 members (excludes halogenated alkanes) is 4. The van der Waals surface area contributed by atoms with Gasteiger partial charge in [-0.1, -0.05) is 69.0 Å². The Hall–Kier alpha value is -2.12. The molecule has 0 spiro atoms. The summed E-state index contributed by atoms with van der Waals surface area (Å²) in [5.74, 6) is 0.828. The Morgan fingerprint density at radius 3 is 2.10 bits per heavy atom. The number of fused-ring (bicyclic) bond motifs is 2. The highest BCUT2D eigenvalue weighted by atomic mass is 35.5. The fourth-order valence-corrected chi connectivity index (χ4v) is 5.17. The van der Waals surface area contributed by atoms with Crippen LogP contribution in [0.15, 0.2) is 53.5 Å². The maximum absolute atomic E-state index is 13.1. The van der Waals surface area contributed by atoms with E-state index in [1.807, 2.05) is 48.5 Å². The molecule has 0 aliphatic carbocycles. The lowest BCUT2D eigenvalue weighted by atomic mass is 9.88. The Labute approximate surface area is 247 Å². The van der Waals surface area contributed by atoms with E-state index in [1.165, 1.54) is 32.1 Å². The number of rotatable bonds is 14. The zero-order valence-electron chi connectivity index (χ0n) is 23.3. The highest BCUT2D eigenvalue weighted by Crippen LogP contribution is 2.44. The first-order valence-corrected chi connectivity index (χ1v) is 14.2. The standard InChI is InChI=1S/C31H43N3O3.2ClH/c1-2-3-4-5-10-17-32-18-11-19-33-21-23-34(24-22-33)20-12-25-36-31(35)30-26-13-6-8-15-28(26)37-29-16-9-7-14-27(29)30;;/h6-9,13-16,18,30H,2-5,10-12,17,19-25H2,1H3;2*1H. The first-order chi connectivity index (χ1) is 18.3. The molecule has 0 bridgehead atoms. The van der Waals surface area contributed by atoms with Crippen molar-refractivity contribution in [2.24, 2.45) is 4.99 Å². The van der Waals surface area contributed by atoms with Gasteiger partial charge in [0.1, 0.15) is 17.4 Å². The van der Waals surface area contributed by atoms with Crippen molar-refractivity contribution in [1.82, 2.24) is 9.80 Å². The van der Waals surface area contributed by atoms with Gasteiger partial charge in [-0.25, -0.2) is 0 Å². The van der Waals surface area contributed by atoms with E-state index in [0.717, 1.165) is 81.3 Å².